The molecule has 0 unspecified atom stereocenters. The number of methoxy groups -OCH3 is 1. The standard InChI is InChI=1S/C19H22N4O3S2/c1-26-13-8-18-20-19(27-21-18)22-9-11-23(12-10-22)28(24,25)17-7-6-15-4-2-3-5-16(15)14-17/h2-7,14H,8-13H2,1H3. The van der Waals surface area contributed by atoms with Gasteiger partial charge in [-0.2, -0.15) is 8.68 Å². The average Bonchev–Trinajstić information content (AvgIpc) is 3.21. The summed E-state index contributed by atoms with van der Waals surface area (Å²) in [6.45, 7) is 2.66. The normalized spacial score (nSPS) is 16.0. The molecule has 0 radical (unpaired) electrons. The van der Waals surface area contributed by atoms with E-state index < -0.39 is 10.0 Å². The minimum Gasteiger partial charge on any atom is -0.384 e. The number of fused-ring (bicyclic) bond motifs is 1. The smallest absolute Gasteiger partial charge is 0.243 e. The lowest BCUT2D eigenvalue weighted by Gasteiger charge is -2.33. The van der Waals surface area contributed by atoms with Crippen molar-refractivity contribution in [2.75, 3.05) is 44.8 Å². The number of nitrogens with zero attached hydrogens (tertiary/aromatic N) is 4. The Hall–Kier alpha value is -2.07. The van der Waals surface area contributed by atoms with E-state index >= 15 is 0 Å². The van der Waals surface area contributed by atoms with E-state index in [0.29, 0.717) is 44.1 Å². The lowest BCUT2D eigenvalue weighted by Crippen LogP contribution is -2.48. The second kappa shape index (κ2) is 8.12. The molecule has 0 amide bonds. The number of benzene rings is 2. The topological polar surface area (TPSA) is 75.6 Å². The number of rotatable bonds is 6. The quantitative estimate of drug-likeness (QED) is 0.612. The van der Waals surface area contributed by atoms with Crippen molar-refractivity contribution in [3.63, 3.8) is 0 Å². The Labute approximate surface area is 168 Å². The molecule has 0 spiro atoms. The van der Waals surface area contributed by atoms with Crippen LogP contribution in [0.5, 0.6) is 0 Å². The van der Waals surface area contributed by atoms with E-state index in [0.717, 1.165) is 21.7 Å². The average molecular weight is 419 g/mol. The number of aromatic nitrogens is 2. The summed E-state index contributed by atoms with van der Waals surface area (Å²) in [5.74, 6) is 0.771. The summed E-state index contributed by atoms with van der Waals surface area (Å²) in [6.07, 6.45) is 0.684. The van der Waals surface area contributed by atoms with E-state index in [1.54, 1.807) is 23.5 Å². The van der Waals surface area contributed by atoms with Gasteiger partial charge in [-0.3, -0.25) is 0 Å². The van der Waals surface area contributed by atoms with Gasteiger partial charge >= 0.3 is 0 Å². The van der Waals surface area contributed by atoms with Crippen LogP contribution in [-0.4, -0.2) is 62.0 Å². The molecule has 28 heavy (non-hydrogen) atoms. The number of sulfonamides is 1. The van der Waals surface area contributed by atoms with Gasteiger partial charge in [-0.25, -0.2) is 13.4 Å². The van der Waals surface area contributed by atoms with Crippen LogP contribution in [0.3, 0.4) is 0 Å². The highest BCUT2D eigenvalue weighted by Gasteiger charge is 2.29. The second-order valence-electron chi connectivity index (χ2n) is 6.64. The van der Waals surface area contributed by atoms with Crippen LogP contribution in [0.2, 0.25) is 0 Å². The molecule has 2 heterocycles. The predicted octanol–water partition coefficient (Wildman–Crippen LogP) is 2.39. The Morgan fingerprint density at radius 3 is 2.57 bits per heavy atom. The molecule has 1 saturated heterocycles. The van der Waals surface area contributed by atoms with Gasteiger partial charge in [-0.1, -0.05) is 30.3 Å². The summed E-state index contributed by atoms with van der Waals surface area (Å²) < 4.78 is 37.1. The number of hydrogen-bond donors (Lipinski definition) is 0. The zero-order chi connectivity index (χ0) is 19.6. The van der Waals surface area contributed by atoms with Gasteiger partial charge in [0.2, 0.25) is 15.2 Å². The van der Waals surface area contributed by atoms with Crippen molar-refractivity contribution in [1.82, 2.24) is 13.7 Å². The predicted molar refractivity (Wildman–Crippen MR) is 110 cm³/mol. The van der Waals surface area contributed by atoms with E-state index in [1.807, 2.05) is 30.3 Å². The lowest BCUT2D eigenvalue weighted by molar-refractivity contribution is 0.201. The molecule has 1 aromatic heterocycles. The Kier molecular flexibility index (Phi) is 5.58. The van der Waals surface area contributed by atoms with Gasteiger partial charge in [0.05, 0.1) is 11.5 Å². The molecular weight excluding hydrogens is 396 g/mol. The Morgan fingerprint density at radius 1 is 1.07 bits per heavy atom. The van der Waals surface area contributed by atoms with Gasteiger partial charge in [-0.05, 0) is 22.9 Å². The third kappa shape index (κ3) is 3.88. The van der Waals surface area contributed by atoms with Gasteiger partial charge in [0.1, 0.15) is 5.82 Å². The molecule has 4 rings (SSSR count). The molecule has 0 atom stereocenters. The van der Waals surface area contributed by atoms with Crippen LogP contribution in [-0.2, 0) is 21.2 Å². The van der Waals surface area contributed by atoms with Crippen LogP contribution >= 0.6 is 11.5 Å². The van der Waals surface area contributed by atoms with Gasteiger partial charge in [0, 0.05) is 51.2 Å². The highest BCUT2D eigenvalue weighted by atomic mass is 32.2. The van der Waals surface area contributed by atoms with Gasteiger partial charge in [0.15, 0.2) is 0 Å². The minimum atomic E-state index is -3.51. The van der Waals surface area contributed by atoms with Crippen LogP contribution < -0.4 is 4.90 Å². The molecule has 0 N–H and O–H groups in total. The van der Waals surface area contributed by atoms with E-state index in [2.05, 4.69) is 14.3 Å². The molecule has 0 bridgehead atoms. The molecule has 3 aromatic rings. The monoisotopic (exact) mass is 418 g/mol. The van der Waals surface area contributed by atoms with Crippen molar-refractivity contribution in [1.29, 1.82) is 0 Å². The van der Waals surface area contributed by atoms with Crippen molar-refractivity contribution >= 4 is 37.5 Å². The summed E-state index contributed by atoms with van der Waals surface area (Å²) in [4.78, 5) is 6.98. The lowest BCUT2D eigenvalue weighted by atomic mass is 10.1. The van der Waals surface area contributed by atoms with Crippen LogP contribution in [0.4, 0.5) is 5.13 Å². The molecule has 2 aromatic carbocycles. The summed E-state index contributed by atoms with van der Waals surface area (Å²) in [5.41, 5.74) is 0. The molecule has 9 heteroatoms. The van der Waals surface area contributed by atoms with Crippen LogP contribution in [0.15, 0.2) is 47.4 Å². The first-order valence-corrected chi connectivity index (χ1v) is 11.3. The molecule has 7 nitrogen and oxygen atoms in total. The molecule has 0 saturated carbocycles. The first-order chi connectivity index (χ1) is 13.6. The first kappa shape index (κ1) is 19.3. The molecule has 1 aliphatic rings. The maximum absolute atomic E-state index is 13.1. The Morgan fingerprint density at radius 2 is 1.82 bits per heavy atom. The fraction of sp³-hybridized carbons (Fsp3) is 0.368. The van der Waals surface area contributed by atoms with Crippen LogP contribution in [0.1, 0.15) is 5.82 Å². The number of hydrogen-bond acceptors (Lipinski definition) is 7. The Balaban J connectivity index is 1.45. The minimum absolute atomic E-state index is 0.345. The van der Waals surface area contributed by atoms with Gasteiger partial charge < -0.3 is 9.64 Å². The zero-order valence-corrected chi connectivity index (χ0v) is 17.2. The largest absolute Gasteiger partial charge is 0.384 e. The summed E-state index contributed by atoms with van der Waals surface area (Å²) in [6, 6.07) is 13.1. The molecule has 0 aliphatic carbocycles. The fourth-order valence-electron chi connectivity index (χ4n) is 3.26. The third-order valence-electron chi connectivity index (χ3n) is 4.86. The summed E-state index contributed by atoms with van der Waals surface area (Å²) >= 11 is 1.35. The summed E-state index contributed by atoms with van der Waals surface area (Å²) in [7, 11) is -1.85. The molecule has 148 valence electrons. The van der Waals surface area contributed by atoms with Crippen LogP contribution in [0, 0.1) is 0 Å². The van der Waals surface area contributed by atoms with E-state index in [4.69, 9.17) is 4.74 Å². The highest BCUT2D eigenvalue weighted by Crippen LogP contribution is 2.25. The van der Waals surface area contributed by atoms with Crippen molar-refractivity contribution in [3.8, 4) is 0 Å². The zero-order valence-electron chi connectivity index (χ0n) is 15.6. The maximum atomic E-state index is 13.1. The van der Waals surface area contributed by atoms with E-state index in [-0.39, 0.29) is 0 Å². The van der Waals surface area contributed by atoms with Gasteiger partial charge in [-0.15, -0.1) is 0 Å². The van der Waals surface area contributed by atoms with Crippen LogP contribution in [0.25, 0.3) is 10.8 Å². The summed E-state index contributed by atoms with van der Waals surface area (Å²) in [5, 5.41) is 2.81. The van der Waals surface area contributed by atoms with Crippen molar-refractivity contribution < 1.29 is 13.2 Å². The third-order valence-corrected chi connectivity index (χ3v) is 7.56. The molecular formula is C19H22N4O3S2. The second-order valence-corrected chi connectivity index (χ2v) is 9.30. The fourth-order valence-corrected chi connectivity index (χ4v) is 5.49. The van der Waals surface area contributed by atoms with E-state index in [1.165, 1.54) is 11.5 Å². The molecule has 1 aliphatic heterocycles. The SMILES string of the molecule is COCCc1nsc(N2CCN(S(=O)(=O)c3ccc4ccccc4c3)CC2)n1. The maximum Gasteiger partial charge on any atom is 0.243 e. The Bertz CT molecular complexity index is 1060. The highest BCUT2D eigenvalue weighted by molar-refractivity contribution is 7.89. The number of piperazine rings is 1. The van der Waals surface area contributed by atoms with Crippen molar-refractivity contribution in [2.24, 2.45) is 0 Å². The van der Waals surface area contributed by atoms with Crippen molar-refractivity contribution in [3.05, 3.63) is 48.3 Å². The number of ether oxygens (including phenoxy) is 1. The first-order valence-electron chi connectivity index (χ1n) is 9.13. The van der Waals surface area contributed by atoms with E-state index in [9.17, 15) is 8.42 Å². The molecule has 1 fully saturated rings. The number of anilines is 1. The van der Waals surface area contributed by atoms with Crippen molar-refractivity contribution in [2.45, 2.75) is 11.3 Å². The van der Waals surface area contributed by atoms with Gasteiger partial charge in [0.25, 0.3) is 0 Å².